The van der Waals surface area contributed by atoms with Gasteiger partial charge in [-0.15, -0.1) is 11.3 Å². The lowest BCUT2D eigenvalue weighted by molar-refractivity contribution is 0.112. The molecule has 1 aliphatic carbocycles. The van der Waals surface area contributed by atoms with Crippen molar-refractivity contribution < 1.29 is 4.79 Å². The third-order valence-corrected chi connectivity index (χ3v) is 5.66. The van der Waals surface area contributed by atoms with E-state index in [4.69, 9.17) is 0 Å². The Kier molecular flexibility index (Phi) is 3.57. The monoisotopic (exact) mass is 306 g/mol. The predicted octanol–water partition coefficient (Wildman–Crippen LogP) is 2.17. The molecular weight excluding hydrogens is 288 g/mol. The first kappa shape index (κ1) is 14.3. The molecule has 0 unspecified atom stereocenters. The van der Waals surface area contributed by atoms with E-state index in [0.717, 1.165) is 19.1 Å². The van der Waals surface area contributed by atoms with E-state index in [1.807, 2.05) is 0 Å². The number of fused-ring (bicyclic) bond motifs is 1. The molecule has 0 aliphatic heterocycles. The highest BCUT2D eigenvalue weighted by Crippen LogP contribution is 2.31. The number of nitrogens with zero attached hydrogens (tertiary/aromatic N) is 2. The summed E-state index contributed by atoms with van der Waals surface area (Å²) < 4.78 is 2.98. The van der Waals surface area contributed by atoms with Crippen molar-refractivity contribution in [1.29, 1.82) is 0 Å². The first-order valence-corrected chi connectivity index (χ1v) is 8.12. The summed E-state index contributed by atoms with van der Waals surface area (Å²) >= 11 is 1.26. The van der Waals surface area contributed by atoms with Gasteiger partial charge >= 0.3 is 5.69 Å². The van der Waals surface area contributed by atoms with Crippen LogP contribution in [0.3, 0.4) is 0 Å². The molecule has 0 amide bonds. The fourth-order valence-corrected chi connectivity index (χ4v) is 4.01. The molecule has 6 heteroatoms. The lowest BCUT2D eigenvalue weighted by atomic mass is 9.85. The molecular formula is C15H18N2O3S. The predicted molar refractivity (Wildman–Crippen MR) is 83.5 cm³/mol. The van der Waals surface area contributed by atoms with Crippen LogP contribution in [0.4, 0.5) is 0 Å². The first-order chi connectivity index (χ1) is 10.1. The van der Waals surface area contributed by atoms with Gasteiger partial charge in [-0.2, -0.15) is 0 Å². The Balaban J connectivity index is 2.35. The van der Waals surface area contributed by atoms with Gasteiger partial charge in [0.25, 0.3) is 5.56 Å². The highest BCUT2D eigenvalue weighted by molar-refractivity contribution is 7.20. The third-order valence-electron chi connectivity index (χ3n) is 4.42. The van der Waals surface area contributed by atoms with Gasteiger partial charge in [0.2, 0.25) is 0 Å². The van der Waals surface area contributed by atoms with Gasteiger partial charge in [-0.05, 0) is 38.2 Å². The van der Waals surface area contributed by atoms with Crippen LogP contribution in [0, 0.1) is 12.8 Å². The van der Waals surface area contributed by atoms with E-state index in [9.17, 15) is 14.4 Å². The van der Waals surface area contributed by atoms with Crippen LogP contribution in [0.25, 0.3) is 10.2 Å². The second-order valence-corrected chi connectivity index (χ2v) is 6.66. The molecule has 5 nitrogen and oxygen atoms in total. The fraction of sp³-hybridized carbons (Fsp3) is 0.533. The minimum atomic E-state index is -0.274. The molecule has 2 heterocycles. The third kappa shape index (κ3) is 2.09. The first-order valence-electron chi connectivity index (χ1n) is 7.30. The number of carbonyl (C=O) groups excluding carboxylic acids is 1. The summed E-state index contributed by atoms with van der Waals surface area (Å²) in [6.45, 7) is 4.57. The summed E-state index contributed by atoms with van der Waals surface area (Å²) in [7, 11) is 0. The molecule has 1 fully saturated rings. The fourth-order valence-electron chi connectivity index (χ4n) is 2.90. The zero-order valence-corrected chi connectivity index (χ0v) is 13.0. The number of thiophene rings is 1. The van der Waals surface area contributed by atoms with Crippen molar-refractivity contribution in [3.63, 3.8) is 0 Å². The minimum Gasteiger partial charge on any atom is -0.297 e. The zero-order chi connectivity index (χ0) is 15.1. The van der Waals surface area contributed by atoms with E-state index in [0.29, 0.717) is 39.7 Å². The van der Waals surface area contributed by atoms with Crippen LogP contribution in [0.15, 0.2) is 9.59 Å². The van der Waals surface area contributed by atoms with Crippen molar-refractivity contribution in [2.75, 3.05) is 0 Å². The molecule has 0 bridgehead atoms. The molecule has 1 aliphatic rings. The van der Waals surface area contributed by atoms with Crippen LogP contribution < -0.4 is 11.2 Å². The Bertz CT molecular complexity index is 824. The van der Waals surface area contributed by atoms with Crippen LogP contribution in [0.1, 0.15) is 41.4 Å². The molecule has 0 saturated heterocycles. The van der Waals surface area contributed by atoms with Crippen LogP contribution in [-0.4, -0.2) is 15.4 Å². The Morgan fingerprint density at radius 1 is 1.29 bits per heavy atom. The van der Waals surface area contributed by atoms with Gasteiger partial charge in [-0.25, -0.2) is 4.79 Å². The highest BCUT2D eigenvalue weighted by Gasteiger charge is 2.23. The molecule has 0 N–H and O–H groups in total. The van der Waals surface area contributed by atoms with Gasteiger partial charge in [0.15, 0.2) is 6.29 Å². The molecule has 2 aromatic rings. The van der Waals surface area contributed by atoms with Crippen molar-refractivity contribution >= 4 is 27.8 Å². The molecule has 112 valence electrons. The molecule has 1 saturated carbocycles. The summed E-state index contributed by atoms with van der Waals surface area (Å²) in [4.78, 5) is 37.4. The lowest BCUT2D eigenvalue weighted by Gasteiger charge is -2.26. The second kappa shape index (κ2) is 5.26. The average molecular weight is 306 g/mol. The number of rotatable bonds is 4. The van der Waals surface area contributed by atoms with Crippen LogP contribution in [-0.2, 0) is 13.1 Å². The summed E-state index contributed by atoms with van der Waals surface area (Å²) in [6.07, 6.45) is 4.24. The zero-order valence-electron chi connectivity index (χ0n) is 12.2. The van der Waals surface area contributed by atoms with Crippen LogP contribution in [0.2, 0.25) is 0 Å². The number of aryl methyl sites for hydroxylation is 1. The molecule has 2 aromatic heterocycles. The molecule has 3 rings (SSSR count). The van der Waals surface area contributed by atoms with E-state index in [1.54, 1.807) is 18.4 Å². The summed E-state index contributed by atoms with van der Waals surface area (Å²) in [5.41, 5.74) is 0.171. The Morgan fingerprint density at radius 3 is 2.52 bits per heavy atom. The summed E-state index contributed by atoms with van der Waals surface area (Å²) in [5.74, 6) is 0.510. The second-order valence-electron chi connectivity index (χ2n) is 5.63. The number of aldehydes is 1. The van der Waals surface area contributed by atoms with Gasteiger partial charge < -0.3 is 0 Å². The number of hydrogen-bond acceptors (Lipinski definition) is 4. The quantitative estimate of drug-likeness (QED) is 0.813. The van der Waals surface area contributed by atoms with Gasteiger partial charge in [0.05, 0.1) is 10.3 Å². The Morgan fingerprint density at radius 2 is 2.00 bits per heavy atom. The summed E-state index contributed by atoms with van der Waals surface area (Å²) in [6, 6.07) is 0. The van der Waals surface area contributed by atoms with E-state index >= 15 is 0 Å². The van der Waals surface area contributed by atoms with Crippen LogP contribution in [0.5, 0.6) is 0 Å². The Labute approximate surface area is 125 Å². The van der Waals surface area contributed by atoms with Crippen molar-refractivity contribution in [3.8, 4) is 0 Å². The molecule has 0 aromatic carbocycles. The lowest BCUT2D eigenvalue weighted by Crippen LogP contribution is -2.40. The maximum atomic E-state index is 12.6. The minimum absolute atomic E-state index is 0.249. The van der Waals surface area contributed by atoms with Crippen molar-refractivity contribution in [3.05, 3.63) is 31.3 Å². The van der Waals surface area contributed by atoms with E-state index < -0.39 is 0 Å². The SMILES string of the molecule is CCn1c(=O)c2c(C)c(C=O)sc2n(CC2CCC2)c1=O. The maximum Gasteiger partial charge on any atom is 0.332 e. The molecule has 0 spiro atoms. The normalized spacial score (nSPS) is 15.3. The van der Waals surface area contributed by atoms with Crippen molar-refractivity contribution in [1.82, 2.24) is 9.13 Å². The van der Waals surface area contributed by atoms with Crippen molar-refractivity contribution in [2.45, 2.75) is 46.2 Å². The van der Waals surface area contributed by atoms with E-state index in [-0.39, 0.29) is 11.2 Å². The number of aromatic nitrogens is 2. The average Bonchev–Trinajstić information content (AvgIpc) is 2.74. The van der Waals surface area contributed by atoms with Gasteiger partial charge in [-0.3, -0.25) is 18.7 Å². The van der Waals surface area contributed by atoms with Gasteiger partial charge in [0.1, 0.15) is 4.83 Å². The molecule has 0 atom stereocenters. The van der Waals surface area contributed by atoms with Gasteiger partial charge in [-0.1, -0.05) is 6.42 Å². The van der Waals surface area contributed by atoms with E-state index in [1.165, 1.54) is 22.3 Å². The standard InChI is InChI=1S/C15H18N2O3S/c1-3-16-13(19)12-9(2)11(8-18)21-14(12)17(15(16)20)7-10-5-4-6-10/h8,10H,3-7H2,1-2H3. The molecule has 0 radical (unpaired) electrons. The maximum absolute atomic E-state index is 12.6. The largest absolute Gasteiger partial charge is 0.332 e. The van der Waals surface area contributed by atoms with Crippen LogP contribution >= 0.6 is 11.3 Å². The smallest absolute Gasteiger partial charge is 0.297 e. The number of hydrogen-bond donors (Lipinski definition) is 0. The topological polar surface area (TPSA) is 61.1 Å². The summed E-state index contributed by atoms with van der Waals surface area (Å²) in [5, 5.41) is 0.530. The van der Waals surface area contributed by atoms with Crippen molar-refractivity contribution in [2.24, 2.45) is 5.92 Å². The van der Waals surface area contributed by atoms with E-state index in [2.05, 4.69) is 0 Å². The van der Waals surface area contributed by atoms with Gasteiger partial charge in [0, 0.05) is 13.1 Å². The molecule has 21 heavy (non-hydrogen) atoms. The Hall–Kier alpha value is -1.69. The highest BCUT2D eigenvalue weighted by atomic mass is 32.1. The number of carbonyl (C=O) groups is 1.